The molecule has 3 atom stereocenters. The molecule has 3 nitrogen and oxygen atoms in total. The van der Waals surface area contributed by atoms with Gasteiger partial charge in [0, 0.05) is 0 Å². The van der Waals surface area contributed by atoms with E-state index < -0.39 is 0 Å². The summed E-state index contributed by atoms with van der Waals surface area (Å²) in [5.74, 6) is 1.14. The Bertz CT molecular complexity index is 480. The molecule has 0 spiro atoms. The molecule has 0 radical (unpaired) electrons. The molecule has 1 aromatic carbocycles. The number of carbonyl (C=O) groups excluding carboxylic acids is 1. The quantitative estimate of drug-likeness (QED) is 0.608. The highest BCUT2D eigenvalue weighted by molar-refractivity contribution is 5.71. The van der Waals surface area contributed by atoms with Crippen LogP contribution < -0.4 is 0 Å². The molecule has 20 heavy (non-hydrogen) atoms. The van der Waals surface area contributed by atoms with E-state index in [2.05, 4.69) is 0 Å². The summed E-state index contributed by atoms with van der Waals surface area (Å²) in [6.45, 7) is -0.00276. The maximum atomic E-state index is 11.7. The maximum absolute atomic E-state index is 11.7. The first-order valence-corrected chi connectivity index (χ1v) is 7.34. The molecule has 2 fully saturated rings. The van der Waals surface area contributed by atoms with Crippen molar-refractivity contribution in [1.82, 2.24) is 0 Å². The molecule has 2 aliphatic carbocycles. The summed E-state index contributed by atoms with van der Waals surface area (Å²) in [6, 6.07) is 9.85. The van der Waals surface area contributed by atoms with Crippen molar-refractivity contribution in [3.63, 3.8) is 0 Å². The number of benzene rings is 1. The Labute approximate surface area is 119 Å². The van der Waals surface area contributed by atoms with E-state index in [1.807, 2.05) is 36.4 Å². The topological polar surface area (TPSA) is 35.5 Å². The average molecular weight is 272 g/mol. The molecule has 3 rings (SSSR count). The molecule has 2 bridgehead atoms. The predicted molar refractivity (Wildman–Crippen MR) is 76.8 cm³/mol. The molecule has 3 unspecified atom stereocenters. The zero-order valence-electron chi connectivity index (χ0n) is 11.5. The minimum atomic E-state index is -0.250. The van der Waals surface area contributed by atoms with Crippen LogP contribution in [0.5, 0.6) is 0 Å². The van der Waals surface area contributed by atoms with Gasteiger partial charge in [-0.25, -0.2) is 4.79 Å². The molecule has 2 saturated carbocycles. The second kappa shape index (κ2) is 6.12. The van der Waals surface area contributed by atoms with E-state index in [1.54, 1.807) is 6.26 Å². The first-order valence-electron chi connectivity index (χ1n) is 7.34. The van der Waals surface area contributed by atoms with Crippen molar-refractivity contribution in [2.45, 2.75) is 31.8 Å². The highest BCUT2D eigenvalue weighted by Gasteiger charge is 2.41. The highest BCUT2D eigenvalue weighted by atomic mass is 16.6. The minimum absolute atomic E-state index is 0.00276. The van der Waals surface area contributed by atoms with E-state index in [4.69, 9.17) is 9.47 Å². The summed E-state index contributed by atoms with van der Waals surface area (Å²) in [5.41, 5.74) is 1.05. The smallest absolute Gasteiger partial charge is 0.344 e. The van der Waals surface area contributed by atoms with E-state index in [0.29, 0.717) is 5.92 Å². The molecular weight excluding hydrogens is 252 g/mol. The summed E-state index contributed by atoms with van der Waals surface area (Å²) in [6.07, 6.45) is 8.36. The predicted octanol–water partition coefficient (Wildman–Crippen LogP) is 3.41. The molecule has 0 saturated heterocycles. The number of ether oxygens (including phenoxy) is 2. The summed E-state index contributed by atoms with van der Waals surface area (Å²) in [4.78, 5) is 11.7. The van der Waals surface area contributed by atoms with Crippen molar-refractivity contribution in [1.29, 1.82) is 0 Å². The Balaban J connectivity index is 1.38. The van der Waals surface area contributed by atoms with Crippen LogP contribution in [-0.4, -0.2) is 18.7 Å². The monoisotopic (exact) mass is 272 g/mol. The van der Waals surface area contributed by atoms with Crippen LogP contribution in [0.3, 0.4) is 0 Å². The second-order valence-electron chi connectivity index (χ2n) is 5.73. The number of hydrogen-bond donors (Lipinski definition) is 0. The van der Waals surface area contributed by atoms with Gasteiger partial charge >= 0.3 is 5.97 Å². The van der Waals surface area contributed by atoms with Gasteiger partial charge in [0.25, 0.3) is 0 Å². The minimum Gasteiger partial charge on any atom is -0.489 e. The molecule has 0 N–H and O–H groups in total. The van der Waals surface area contributed by atoms with Crippen LogP contribution in [0, 0.1) is 11.8 Å². The van der Waals surface area contributed by atoms with Crippen LogP contribution in [0.15, 0.2) is 36.6 Å². The molecule has 0 aromatic heterocycles. The maximum Gasteiger partial charge on any atom is 0.344 e. The van der Waals surface area contributed by atoms with Gasteiger partial charge in [-0.05, 0) is 49.2 Å². The molecule has 3 heteroatoms. The van der Waals surface area contributed by atoms with Crippen LogP contribution >= 0.6 is 0 Å². The van der Waals surface area contributed by atoms with Gasteiger partial charge in [-0.1, -0.05) is 30.3 Å². The van der Waals surface area contributed by atoms with Crippen molar-refractivity contribution in [3.8, 4) is 0 Å². The SMILES string of the molecule is O=C(COC=Cc1ccccc1)OC1CC2CCC1C2. The lowest BCUT2D eigenvalue weighted by Gasteiger charge is -2.21. The lowest BCUT2D eigenvalue weighted by atomic mass is 9.98. The Hall–Kier alpha value is -1.77. The van der Waals surface area contributed by atoms with Crippen LogP contribution in [0.4, 0.5) is 0 Å². The molecular formula is C17H20O3. The van der Waals surface area contributed by atoms with E-state index in [0.717, 1.165) is 17.9 Å². The first kappa shape index (κ1) is 13.2. The van der Waals surface area contributed by atoms with Crippen LogP contribution in [0.25, 0.3) is 6.08 Å². The fourth-order valence-corrected chi connectivity index (χ4v) is 3.34. The Morgan fingerprint density at radius 1 is 1.20 bits per heavy atom. The van der Waals surface area contributed by atoms with E-state index in [1.165, 1.54) is 19.3 Å². The second-order valence-corrected chi connectivity index (χ2v) is 5.73. The third-order valence-electron chi connectivity index (χ3n) is 4.31. The number of esters is 1. The van der Waals surface area contributed by atoms with E-state index >= 15 is 0 Å². The molecule has 0 heterocycles. The number of fused-ring (bicyclic) bond motifs is 2. The normalized spacial score (nSPS) is 27.9. The van der Waals surface area contributed by atoms with Gasteiger partial charge in [-0.2, -0.15) is 0 Å². The molecule has 2 aliphatic rings. The van der Waals surface area contributed by atoms with Gasteiger partial charge in [-0.3, -0.25) is 0 Å². The standard InChI is InChI=1S/C17H20O3/c18-17(20-16-11-14-6-7-15(16)10-14)12-19-9-8-13-4-2-1-3-5-13/h1-5,8-9,14-16H,6-7,10-12H2. The highest BCUT2D eigenvalue weighted by Crippen LogP contribution is 2.45. The van der Waals surface area contributed by atoms with Gasteiger partial charge in [0.05, 0.1) is 6.26 Å². The average Bonchev–Trinajstić information content (AvgIpc) is 3.07. The van der Waals surface area contributed by atoms with Crippen molar-refractivity contribution in [3.05, 3.63) is 42.2 Å². The Morgan fingerprint density at radius 3 is 2.75 bits per heavy atom. The number of rotatable bonds is 5. The lowest BCUT2D eigenvalue weighted by molar-refractivity contribution is -0.155. The zero-order chi connectivity index (χ0) is 13.8. The van der Waals surface area contributed by atoms with Gasteiger partial charge in [0.1, 0.15) is 6.10 Å². The third kappa shape index (κ3) is 3.21. The van der Waals surface area contributed by atoms with Gasteiger partial charge in [0.15, 0.2) is 6.61 Å². The third-order valence-corrected chi connectivity index (χ3v) is 4.31. The van der Waals surface area contributed by atoms with Crippen molar-refractivity contribution in [2.24, 2.45) is 11.8 Å². The summed E-state index contributed by atoms with van der Waals surface area (Å²) < 4.78 is 10.7. The summed E-state index contributed by atoms with van der Waals surface area (Å²) in [7, 11) is 0. The summed E-state index contributed by atoms with van der Waals surface area (Å²) in [5, 5.41) is 0. The molecule has 106 valence electrons. The first-order chi connectivity index (χ1) is 9.81. The molecule has 0 aliphatic heterocycles. The molecule has 1 aromatic rings. The van der Waals surface area contributed by atoms with Crippen LogP contribution in [-0.2, 0) is 14.3 Å². The largest absolute Gasteiger partial charge is 0.489 e. The Morgan fingerprint density at radius 2 is 2.05 bits per heavy atom. The fraction of sp³-hybridized carbons (Fsp3) is 0.471. The Kier molecular flexibility index (Phi) is 4.05. The van der Waals surface area contributed by atoms with Crippen LogP contribution in [0.2, 0.25) is 0 Å². The van der Waals surface area contributed by atoms with Crippen molar-refractivity contribution >= 4 is 12.0 Å². The van der Waals surface area contributed by atoms with Crippen molar-refractivity contribution < 1.29 is 14.3 Å². The van der Waals surface area contributed by atoms with E-state index in [9.17, 15) is 4.79 Å². The van der Waals surface area contributed by atoms with Crippen molar-refractivity contribution in [2.75, 3.05) is 6.61 Å². The fourth-order valence-electron chi connectivity index (χ4n) is 3.34. The van der Waals surface area contributed by atoms with Gasteiger partial charge < -0.3 is 9.47 Å². The zero-order valence-corrected chi connectivity index (χ0v) is 11.5. The molecule has 0 amide bonds. The lowest BCUT2D eigenvalue weighted by Crippen LogP contribution is -2.25. The number of carbonyl (C=O) groups is 1. The van der Waals surface area contributed by atoms with Gasteiger partial charge in [-0.15, -0.1) is 0 Å². The number of hydrogen-bond acceptors (Lipinski definition) is 3. The van der Waals surface area contributed by atoms with Crippen LogP contribution in [0.1, 0.15) is 31.2 Å². The summed E-state index contributed by atoms with van der Waals surface area (Å²) >= 11 is 0. The van der Waals surface area contributed by atoms with E-state index in [-0.39, 0.29) is 18.7 Å². The van der Waals surface area contributed by atoms with Gasteiger partial charge in [0.2, 0.25) is 0 Å².